The summed E-state index contributed by atoms with van der Waals surface area (Å²) in [6.07, 6.45) is 3.23. The van der Waals surface area contributed by atoms with Gasteiger partial charge in [-0.05, 0) is 59.0 Å². The molecule has 100 valence electrons. The molecule has 2 amide bonds. The van der Waals surface area contributed by atoms with E-state index in [-0.39, 0.29) is 17.9 Å². The van der Waals surface area contributed by atoms with E-state index in [1.54, 1.807) is 0 Å². The predicted molar refractivity (Wildman–Crippen MR) is 79.3 cm³/mol. The van der Waals surface area contributed by atoms with Crippen molar-refractivity contribution in [1.29, 1.82) is 0 Å². The predicted octanol–water partition coefficient (Wildman–Crippen LogP) is 1.75. The molecule has 1 aliphatic carbocycles. The van der Waals surface area contributed by atoms with E-state index in [9.17, 15) is 9.59 Å². The van der Waals surface area contributed by atoms with Crippen LogP contribution in [0.1, 0.15) is 30.9 Å². The molecule has 0 radical (unpaired) electrons. The van der Waals surface area contributed by atoms with Crippen LogP contribution in [0.15, 0.2) is 24.3 Å². The van der Waals surface area contributed by atoms with E-state index in [4.69, 9.17) is 0 Å². The summed E-state index contributed by atoms with van der Waals surface area (Å²) >= 11 is 2.20. The minimum atomic E-state index is -0.557. The summed E-state index contributed by atoms with van der Waals surface area (Å²) in [7, 11) is 0. The first-order valence-corrected chi connectivity index (χ1v) is 7.59. The number of amides is 2. The number of hydrogen-bond donors (Lipinski definition) is 2. The normalized spacial score (nSPS) is 27.4. The monoisotopic (exact) mass is 370 g/mol. The summed E-state index contributed by atoms with van der Waals surface area (Å²) in [5, 5.41) is 5.74. The Morgan fingerprint density at radius 3 is 2.53 bits per heavy atom. The van der Waals surface area contributed by atoms with Crippen molar-refractivity contribution in [2.45, 2.75) is 31.3 Å². The summed E-state index contributed by atoms with van der Waals surface area (Å²) in [6, 6.07) is 6.77. The van der Waals surface area contributed by atoms with Gasteiger partial charge in [-0.15, -0.1) is 0 Å². The zero-order valence-electron chi connectivity index (χ0n) is 10.4. The van der Waals surface area contributed by atoms with Crippen LogP contribution in [0.4, 0.5) is 0 Å². The van der Waals surface area contributed by atoms with Gasteiger partial charge in [-0.25, -0.2) is 0 Å². The molecule has 1 saturated heterocycles. The lowest BCUT2D eigenvalue weighted by Crippen LogP contribution is -2.61. The molecule has 1 aliphatic heterocycles. The largest absolute Gasteiger partial charge is 0.342 e. The van der Waals surface area contributed by atoms with Crippen LogP contribution in [0.3, 0.4) is 0 Å². The van der Waals surface area contributed by atoms with E-state index in [1.807, 2.05) is 24.3 Å². The van der Waals surface area contributed by atoms with Crippen LogP contribution in [0, 0.1) is 9.49 Å². The van der Waals surface area contributed by atoms with Gasteiger partial charge in [0.15, 0.2) is 0 Å². The Morgan fingerprint density at radius 2 is 1.89 bits per heavy atom. The summed E-state index contributed by atoms with van der Waals surface area (Å²) in [5.41, 5.74) is 0.838. The van der Waals surface area contributed by atoms with Crippen molar-refractivity contribution in [3.63, 3.8) is 0 Å². The highest BCUT2D eigenvalue weighted by molar-refractivity contribution is 14.1. The molecule has 3 rings (SSSR count). The third-order valence-corrected chi connectivity index (χ3v) is 4.60. The number of benzene rings is 1. The van der Waals surface area contributed by atoms with Gasteiger partial charge in [-0.3, -0.25) is 9.59 Å². The lowest BCUT2D eigenvalue weighted by atomic mass is 9.78. The fourth-order valence-electron chi connectivity index (χ4n) is 2.63. The fraction of sp³-hybridized carbons (Fsp3) is 0.429. The smallest absolute Gasteiger partial charge is 0.247 e. The molecule has 2 aliphatic rings. The summed E-state index contributed by atoms with van der Waals surface area (Å²) in [5.74, 6) is 0.174. The molecule has 0 bridgehead atoms. The van der Waals surface area contributed by atoms with Gasteiger partial charge < -0.3 is 10.6 Å². The topological polar surface area (TPSA) is 58.2 Å². The zero-order chi connectivity index (χ0) is 13.4. The number of carbonyl (C=O) groups excluding carboxylic acids is 2. The lowest BCUT2D eigenvalue weighted by Gasteiger charge is -2.38. The molecule has 4 nitrogen and oxygen atoms in total. The van der Waals surface area contributed by atoms with Crippen molar-refractivity contribution in [1.82, 2.24) is 10.6 Å². The maximum atomic E-state index is 12.2. The average molecular weight is 370 g/mol. The van der Waals surface area contributed by atoms with E-state index in [2.05, 4.69) is 33.2 Å². The zero-order valence-corrected chi connectivity index (χ0v) is 12.5. The van der Waals surface area contributed by atoms with Gasteiger partial charge >= 0.3 is 0 Å². The molecular weight excluding hydrogens is 355 g/mol. The van der Waals surface area contributed by atoms with Crippen LogP contribution in [0.5, 0.6) is 0 Å². The number of piperazine rings is 1. The van der Waals surface area contributed by atoms with E-state index >= 15 is 0 Å². The van der Waals surface area contributed by atoms with Crippen LogP contribution in [0.25, 0.3) is 0 Å². The molecule has 1 aromatic rings. The molecule has 2 atom stereocenters. The number of nitrogens with one attached hydrogen (secondary N) is 2. The van der Waals surface area contributed by atoms with Crippen LogP contribution < -0.4 is 10.6 Å². The second-order valence-corrected chi connectivity index (χ2v) is 6.42. The van der Waals surface area contributed by atoms with Gasteiger partial charge in [-0.1, -0.05) is 18.6 Å². The molecule has 0 spiro atoms. The van der Waals surface area contributed by atoms with E-state index in [0.29, 0.717) is 5.92 Å². The number of rotatable bonds is 2. The van der Waals surface area contributed by atoms with Crippen molar-refractivity contribution in [3.8, 4) is 0 Å². The number of hydrogen-bond acceptors (Lipinski definition) is 2. The maximum Gasteiger partial charge on any atom is 0.247 e. The van der Waals surface area contributed by atoms with Crippen molar-refractivity contribution in [2.75, 3.05) is 0 Å². The first kappa shape index (κ1) is 12.9. The quantitative estimate of drug-likeness (QED) is 0.780. The van der Waals surface area contributed by atoms with E-state index < -0.39 is 6.04 Å². The van der Waals surface area contributed by atoms with Crippen molar-refractivity contribution < 1.29 is 9.59 Å². The third kappa shape index (κ3) is 2.48. The highest BCUT2D eigenvalue weighted by Gasteiger charge is 2.40. The summed E-state index contributed by atoms with van der Waals surface area (Å²) in [6.45, 7) is 0. The van der Waals surface area contributed by atoms with Gasteiger partial charge in [0.2, 0.25) is 11.8 Å². The Morgan fingerprint density at radius 1 is 1.11 bits per heavy atom. The van der Waals surface area contributed by atoms with Crippen LogP contribution in [-0.2, 0) is 9.59 Å². The maximum absolute atomic E-state index is 12.2. The second-order valence-electron chi connectivity index (χ2n) is 5.17. The Hall–Kier alpha value is -1.11. The first-order valence-electron chi connectivity index (χ1n) is 6.51. The molecule has 2 N–H and O–H groups in total. The highest BCUT2D eigenvalue weighted by Crippen LogP contribution is 2.31. The fourth-order valence-corrected chi connectivity index (χ4v) is 3.19. The number of halogens is 1. The molecule has 1 heterocycles. The first-order chi connectivity index (χ1) is 9.15. The molecule has 1 aromatic carbocycles. The Balaban J connectivity index is 1.78. The molecule has 1 saturated carbocycles. The second kappa shape index (κ2) is 5.11. The van der Waals surface area contributed by atoms with Crippen molar-refractivity contribution >= 4 is 34.4 Å². The Bertz CT molecular complexity index is 528. The van der Waals surface area contributed by atoms with Gasteiger partial charge in [0.25, 0.3) is 0 Å². The highest BCUT2D eigenvalue weighted by atomic mass is 127. The molecule has 0 aromatic heterocycles. The van der Waals surface area contributed by atoms with Crippen LogP contribution in [0.2, 0.25) is 0 Å². The molecule has 5 heteroatoms. The lowest BCUT2D eigenvalue weighted by molar-refractivity contribution is -0.139. The Kier molecular flexibility index (Phi) is 3.47. The van der Waals surface area contributed by atoms with E-state index in [0.717, 1.165) is 28.4 Å². The minimum Gasteiger partial charge on any atom is -0.342 e. The molecular formula is C14H15IN2O2. The summed E-state index contributed by atoms with van der Waals surface area (Å²) < 4.78 is 1.05. The number of carbonyl (C=O) groups is 2. The summed E-state index contributed by atoms with van der Waals surface area (Å²) in [4.78, 5) is 24.3. The van der Waals surface area contributed by atoms with Crippen molar-refractivity contribution in [3.05, 3.63) is 33.4 Å². The van der Waals surface area contributed by atoms with Gasteiger partial charge in [-0.2, -0.15) is 0 Å². The SMILES string of the molecule is O=C1NC(C2CCC2)C(=O)NC1c1cccc(I)c1. The standard InChI is InChI=1S/C14H15IN2O2/c15-10-6-2-5-9(7-10)12-14(19)16-11(13(18)17-12)8-3-1-4-8/h2,5-8,11-12H,1,3-4H2,(H,16,19)(H,17,18). The molecule has 19 heavy (non-hydrogen) atoms. The van der Waals surface area contributed by atoms with Crippen molar-refractivity contribution in [2.24, 2.45) is 5.92 Å². The van der Waals surface area contributed by atoms with Gasteiger partial charge in [0.05, 0.1) is 0 Å². The third-order valence-electron chi connectivity index (χ3n) is 3.93. The average Bonchev–Trinajstić information content (AvgIpc) is 2.31. The molecule has 2 unspecified atom stereocenters. The Labute approximate surface area is 125 Å². The van der Waals surface area contributed by atoms with Gasteiger partial charge in [0, 0.05) is 3.57 Å². The van der Waals surface area contributed by atoms with Crippen LogP contribution >= 0.6 is 22.6 Å². The van der Waals surface area contributed by atoms with E-state index in [1.165, 1.54) is 0 Å². The van der Waals surface area contributed by atoms with Gasteiger partial charge in [0.1, 0.15) is 12.1 Å². The minimum absolute atomic E-state index is 0.0480. The molecule has 2 fully saturated rings. The van der Waals surface area contributed by atoms with Crippen LogP contribution in [-0.4, -0.2) is 17.9 Å².